The van der Waals surface area contributed by atoms with E-state index in [9.17, 15) is 9.59 Å². The van der Waals surface area contributed by atoms with E-state index in [2.05, 4.69) is 19.5 Å². The zero-order chi connectivity index (χ0) is 25.8. The van der Waals surface area contributed by atoms with Crippen LogP contribution in [0.25, 0.3) is 0 Å². The van der Waals surface area contributed by atoms with Crippen LogP contribution in [0.3, 0.4) is 0 Å². The average molecular weight is 504 g/mol. The van der Waals surface area contributed by atoms with Crippen LogP contribution in [-0.4, -0.2) is 63.8 Å². The molecule has 0 N–H and O–H groups in total. The maximum Gasteiger partial charge on any atom is 0.508 e. The first-order valence-corrected chi connectivity index (χ1v) is 11.1. The highest BCUT2D eigenvalue weighted by Gasteiger charge is 2.22. The van der Waals surface area contributed by atoms with Gasteiger partial charge in [0, 0.05) is 11.6 Å². The van der Waals surface area contributed by atoms with Gasteiger partial charge in [-0.25, -0.2) is 19.0 Å². The number of benzene rings is 2. The van der Waals surface area contributed by atoms with Crippen molar-refractivity contribution in [3.8, 4) is 17.6 Å². The molecular formula is C23H22FN3O7S. The third kappa shape index (κ3) is 7.72. The number of carbonyl (C=O) groups is 2. The molecule has 0 bridgehead atoms. The van der Waals surface area contributed by atoms with Crippen molar-refractivity contribution in [2.24, 2.45) is 9.98 Å². The molecule has 0 unspecified atom stereocenters. The first-order chi connectivity index (χ1) is 16.9. The minimum Gasteiger partial charge on any atom is -0.497 e. The summed E-state index contributed by atoms with van der Waals surface area (Å²) in [6.07, 6.45) is -0.169. The van der Waals surface area contributed by atoms with Crippen molar-refractivity contribution in [1.82, 2.24) is 0 Å². The lowest BCUT2D eigenvalue weighted by Gasteiger charge is -2.15. The normalized spacial score (nSPS) is 11.3. The second-order valence-electron chi connectivity index (χ2n) is 6.35. The molecule has 0 spiro atoms. The summed E-state index contributed by atoms with van der Waals surface area (Å²) in [6, 6.07) is 10.9. The molecule has 0 aliphatic carbocycles. The fourth-order valence-electron chi connectivity index (χ4n) is 2.59. The van der Waals surface area contributed by atoms with Gasteiger partial charge in [-0.2, -0.15) is 10.3 Å². The molecule has 0 radical (unpaired) electrons. The van der Waals surface area contributed by atoms with Crippen LogP contribution in [0.2, 0.25) is 0 Å². The highest BCUT2D eigenvalue weighted by molar-refractivity contribution is 8.15. The summed E-state index contributed by atoms with van der Waals surface area (Å²) in [4.78, 5) is 31.3. The number of nitrogens with zero attached hydrogens (tertiary/aromatic N) is 3. The van der Waals surface area contributed by atoms with Crippen molar-refractivity contribution in [2.75, 3.05) is 40.8 Å². The first-order valence-electron chi connectivity index (χ1n) is 9.88. The fourth-order valence-corrected chi connectivity index (χ4v) is 3.10. The Morgan fingerprint density at radius 1 is 1.09 bits per heavy atom. The minimum atomic E-state index is -0.902. The highest BCUT2D eigenvalue weighted by atomic mass is 32.2. The molecule has 0 atom stereocenters. The molecule has 2 aromatic carbocycles. The number of hydrogen-bond donors (Lipinski definition) is 0. The Kier molecular flexibility index (Phi) is 10.5. The number of hydrogen-bond acceptors (Lipinski definition) is 10. The second kappa shape index (κ2) is 13.6. The van der Waals surface area contributed by atoms with Crippen LogP contribution in [0.5, 0.6) is 11.5 Å². The molecule has 2 aromatic rings. The van der Waals surface area contributed by atoms with Gasteiger partial charge >= 0.3 is 12.2 Å². The van der Waals surface area contributed by atoms with E-state index in [1.165, 1.54) is 19.2 Å². The van der Waals surface area contributed by atoms with Gasteiger partial charge in [0.1, 0.15) is 29.7 Å². The smallest absolute Gasteiger partial charge is 0.497 e. The SMILES string of the molecule is COC(=O)/N=C(\SC)C(=Nc1ccc(C#N)cc1)c1cc(OC)cc(OCCOC(=O)OC)c1F. The van der Waals surface area contributed by atoms with E-state index in [1.807, 2.05) is 6.07 Å². The van der Waals surface area contributed by atoms with Crippen LogP contribution in [0, 0.1) is 17.1 Å². The fraction of sp³-hybridized carbons (Fsp3) is 0.261. The van der Waals surface area contributed by atoms with Gasteiger partial charge in [-0.15, -0.1) is 11.8 Å². The molecule has 0 heterocycles. The molecule has 0 aliphatic heterocycles. The second-order valence-corrected chi connectivity index (χ2v) is 7.14. The maximum atomic E-state index is 15.6. The van der Waals surface area contributed by atoms with Crippen molar-refractivity contribution in [3.63, 3.8) is 0 Å². The summed E-state index contributed by atoms with van der Waals surface area (Å²) >= 11 is 1.05. The van der Waals surface area contributed by atoms with Gasteiger partial charge in [0.2, 0.25) is 0 Å². The van der Waals surface area contributed by atoms with E-state index in [-0.39, 0.29) is 41.0 Å². The molecule has 0 fully saturated rings. The Balaban J connectivity index is 2.59. The standard InChI is InChI=1S/C23H22FN3O7S/c1-30-16-11-17(19(24)18(12-16)33-9-10-34-23(29)32-3)20(21(35-4)27-22(28)31-2)26-15-7-5-14(13-25)6-8-15/h5-8,11-12H,9-10H2,1-4H3/b26-20?,27-21-. The number of halogens is 1. The number of amides is 1. The molecule has 1 amide bonds. The van der Waals surface area contributed by atoms with E-state index < -0.39 is 18.1 Å². The summed E-state index contributed by atoms with van der Waals surface area (Å²) in [5.41, 5.74) is 0.715. The molecular weight excluding hydrogens is 481 g/mol. The van der Waals surface area contributed by atoms with Crippen LogP contribution in [0.1, 0.15) is 11.1 Å². The van der Waals surface area contributed by atoms with E-state index >= 15 is 4.39 Å². The molecule has 10 nitrogen and oxygen atoms in total. The Bertz CT molecular complexity index is 1160. The van der Waals surface area contributed by atoms with E-state index in [4.69, 9.17) is 19.5 Å². The van der Waals surface area contributed by atoms with Gasteiger partial charge in [0.05, 0.1) is 38.6 Å². The van der Waals surface area contributed by atoms with Crippen LogP contribution >= 0.6 is 11.8 Å². The largest absolute Gasteiger partial charge is 0.508 e. The molecule has 12 heteroatoms. The number of ether oxygens (including phenoxy) is 5. The number of rotatable bonds is 8. The number of thioether (sulfide) groups is 1. The van der Waals surface area contributed by atoms with Crippen molar-refractivity contribution in [2.45, 2.75) is 0 Å². The average Bonchev–Trinajstić information content (AvgIpc) is 2.89. The number of nitriles is 1. The van der Waals surface area contributed by atoms with Crippen molar-refractivity contribution in [1.29, 1.82) is 5.26 Å². The molecule has 184 valence electrons. The maximum absolute atomic E-state index is 15.6. The van der Waals surface area contributed by atoms with Crippen LogP contribution in [-0.2, 0) is 14.2 Å². The van der Waals surface area contributed by atoms with Gasteiger partial charge in [0.25, 0.3) is 0 Å². The first kappa shape index (κ1) is 27.1. The van der Waals surface area contributed by atoms with Gasteiger partial charge in [-0.1, -0.05) is 0 Å². The third-order valence-electron chi connectivity index (χ3n) is 4.23. The lowest BCUT2D eigenvalue weighted by Crippen LogP contribution is -2.18. The van der Waals surface area contributed by atoms with Crippen molar-refractivity contribution < 1.29 is 37.7 Å². The summed E-state index contributed by atoms with van der Waals surface area (Å²) < 4.78 is 40.1. The predicted octanol–water partition coefficient (Wildman–Crippen LogP) is 4.52. The zero-order valence-electron chi connectivity index (χ0n) is 19.4. The zero-order valence-corrected chi connectivity index (χ0v) is 20.2. The Morgan fingerprint density at radius 3 is 2.37 bits per heavy atom. The third-order valence-corrected chi connectivity index (χ3v) is 4.90. The van der Waals surface area contributed by atoms with Crippen LogP contribution in [0.15, 0.2) is 46.4 Å². The monoisotopic (exact) mass is 503 g/mol. The van der Waals surface area contributed by atoms with Crippen LogP contribution < -0.4 is 9.47 Å². The van der Waals surface area contributed by atoms with E-state index in [0.717, 1.165) is 26.0 Å². The van der Waals surface area contributed by atoms with Crippen molar-refractivity contribution in [3.05, 3.63) is 53.3 Å². The summed E-state index contributed by atoms with van der Waals surface area (Å²) in [5, 5.41) is 9.09. The summed E-state index contributed by atoms with van der Waals surface area (Å²) in [6.45, 7) is -0.364. The lowest BCUT2D eigenvalue weighted by atomic mass is 10.1. The number of aliphatic imine (C=N–C) groups is 2. The van der Waals surface area contributed by atoms with Gasteiger partial charge in [-0.3, -0.25) is 0 Å². The Hall–Kier alpha value is -4.11. The summed E-state index contributed by atoms with van der Waals surface area (Å²) in [5.74, 6) is -0.793. The number of carbonyl (C=O) groups excluding carboxylic acids is 2. The van der Waals surface area contributed by atoms with Gasteiger partial charge < -0.3 is 23.7 Å². The predicted molar refractivity (Wildman–Crippen MR) is 128 cm³/mol. The van der Waals surface area contributed by atoms with Crippen molar-refractivity contribution >= 4 is 40.5 Å². The summed E-state index contributed by atoms with van der Waals surface area (Å²) in [7, 11) is 3.71. The van der Waals surface area contributed by atoms with Gasteiger partial charge in [-0.05, 0) is 36.6 Å². The van der Waals surface area contributed by atoms with E-state index in [0.29, 0.717) is 11.3 Å². The minimum absolute atomic E-state index is 0.000307. The van der Waals surface area contributed by atoms with Gasteiger partial charge in [0.15, 0.2) is 11.6 Å². The lowest BCUT2D eigenvalue weighted by molar-refractivity contribution is 0.0611. The molecule has 0 aliphatic rings. The Morgan fingerprint density at radius 2 is 1.80 bits per heavy atom. The highest BCUT2D eigenvalue weighted by Crippen LogP contribution is 2.30. The molecule has 2 rings (SSSR count). The van der Waals surface area contributed by atoms with E-state index in [1.54, 1.807) is 30.5 Å². The molecule has 0 saturated carbocycles. The molecule has 0 saturated heterocycles. The topological polar surface area (TPSA) is 129 Å². The Labute approximate surface area is 205 Å². The quantitative estimate of drug-likeness (QED) is 0.221. The number of methoxy groups -OCH3 is 3. The van der Waals surface area contributed by atoms with Crippen LogP contribution in [0.4, 0.5) is 19.7 Å². The molecule has 0 aromatic heterocycles. The molecule has 35 heavy (non-hydrogen) atoms.